The predicted octanol–water partition coefficient (Wildman–Crippen LogP) is 3.53. The molecule has 170 valence electrons. The molecule has 5 aliphatic rings. The lowest BCUT2D eigenvalue weighted by atomic mass is 9.48. The first-order valence-electron chi connectivity index (χ1n) is 12.2. The number of carbonyl (C=O) groups is 1. The number of hydrogen-bond acceptors (Lipinski definition) is 5. The van der Waals surface area contributed by atoms with Crippen molar-refractivity contribution in [1.82, 2.24) is 4.90 Å². The molecule has 0 radical (unpaired) electrons. The van der Waals surface area contributed by atoms with Crippen LogP contribution in [0.5, 0.6) is 11.5 Å². The molecule has 2 heterocycles. The Morgan fingerprint density at radius 3 is 2.73 bits per heavy atom. The average molecular weight is 444 g/mol. The Morgan fingerprint density at radius 1 is 1.18 bits per heavy atom. The van der Waals surface area contributed by atoms with Gasteiger partial charge in [0.2, 0.25) is 0 Å². The van der Waals surface area contributed by atoms with Gasteiger partial charge in [-0.05, 0) is 68.3 Å². The van der Waals surface area contributed by atoms with E-state index in [0.717, 1.165) is 42.1 Å². The predicted molar refractivity (Wildman–Crippen MR) is 124 cm³/mol. The van der Waals surface area contributed by atoms with Gasteiger partial charge in [-0.15, -0.1) is 0 Å². The second kappa shape index (κ2) is 6.49. The molecule has 2 N–H and O–H groups in total. The van der Waals surface area contributed by atoms with Crippen LogP contribution in [-0.4, -0.2) is 51.7 Å². The number of rotatable bonds is 3. The number of Topliss-reactive ketones (excluding diaryl/α,β-unsaturated/α-hetero) is 1. The number of aliphatic hydroxyl groups is 1. The number of likely N-dealkylation sites (tertiary alicyclic amines) is 1. The zero-order valence-corrected chi connectivity index (χ0v) is 18.9. The van der Waals surface area contributed by atoms with Crippen molar-refractivity contribution >= 4 is 11.9 Å². The van der Waals surface area contributed by atoms with Crippen molar-refractivity contribution in [2.45, 2.75) is 62.2 Å². The van der Waals surface area contributed by atoms with E-state index in [0.29, 0.717) is 24.2 Å². The highest BCUT2D eigenvalue weighted by Gasteiger charge is 2.74. The van der Waals surface area contributed by atoms with E-state index in [9.17, 15) is 15.0 Å². The molecule has 2 aromatic carbocycles. The van der Waals surface area contributed by atoms with Crippen LogP contribution in [-0.2, 0) is 16.6 Å². The standard InChI is InChI=1S/C28H29NO4/c1-16-2-4-17(5-3-16)12-20-14-28(32)22-13-19-8-9-21(30)25-23(19)27(28,26(33-25)24(20)31)10-11-29(22)15-18-6-7-18/h2-5,8-9,12,18,22,26,30,32H,6-7,10-11,13-15H2,1H3/b20-12+/t22-,26+,27+,28-/m1/s1. The maximum absolute atomic E-state index is 13.8. The number of phenolic OH excluding ortho intramolecular Hbond substituents is 1. The third-order valence-electron chi connectivity index (χ3n) is 8.95. The Labute approximate surface area is 193 Å². The molecule has 2 saturated carbocycles. The molecule has 2 aliphatic heterocycles. The molecule has 0 unspecified atom stereocenters. The van der Waals surface area contributed by atoms with Crippen molar-refractivity contribution in [1.29, 1.82) is 0 Å². The van der Waals surface area contributed by atoms with Crippen molar-refractivity contribution in [3.05, 3.63) is 64.2 Å². The summed E-state index contributed by atoms with van der Waals surface area (Å²) >= 11 is 0. The van der Waals surface area contributed by atoms with Gasteiger partial charge in [-0.1, -0.05) is 35.9 Å². The Balaban J connectivity index is 1.40. The number of carbonyl (C=O) groups excluding carboxylic acids is 1. The van der Waals surface area contributed by atoms with E-state index in [1.807, 2.05) is 43.3 Å². The lowest BCUT2D eigenvalue weighted by Crippen LogP contribution is -2.77. The summed E-state index contributed by atoms with van der Waals surface area (Å²) in [5, 5.41) is 23.3. The maximum atomic E-state index is 13.8. The number of phenols is 1. The molecular formula is C28H29NO4. The van der Waals surface area contributed by atoms with Gasteiger partial charge in [0.05, 0.1) is 11.0 Å². The molecular weight excluding hydrogens is 414 g/mol. The van der Waals surface area contributed by atoms with Gasteiger partial charge in [0, 0.05) is 30.1 Å². The fourth-order valence-corrected chi connectivity index (χ4v) is 7.17. The van der Waals surface area contributed by atoms with Gasteiger partial charge in [-0.2, -0.15) is 0 Å². The quantitative estimate of drug-likeness (QED) is 0.711. The molecule has 3 fully saturated rings. The van der Waals surface area contributed by atoms with Crippen LogP contribution >= 0.6 is 0 Å². The van der Waals surface area contributed by atoms with Crippen LogP contribution in [0, 0.1) is 12.8 Å². The summed E-state index contributed by atoms with van der Waals surface area (Å²) in [4.78, 5) is 16.3. The zero-order chi connectivity index (χ0) is 22.5. The van der Waals surface area contributed by atoms with Crippen LogP contribution in [0.15, 0.2) is 42.0 Å². The van der Waals surface area contributed by atoms with Gasteiger partial charge in [-0.3, -0.25) is 9.69 Å². The van der Waals surface area contributed by atoms with Gasteiger partial charge in [0.1, 0.15) is 0 Å². The summed E-state index contributed by atoms with van der Waals surface area (Å²) in [6, 6.07) is 11.7. The van der Waals surface area contributed by atoms with Crippen LogP contribution in [0.2, 0.25) is 0 Å². The van der Waals surface area contributed by atoms with Crippen LogP contribution in [0.4, 0.5) is 0 Å². The third kappa shape index (κ3) is 2.52. The third-order valence-corrected chi connectivity index (χ3v) is 8.95. The highest BCUT2D eigenvalue weighted by molar-refractivity contribution is 6.06. The Hall–Kier alpha value is -2.63. The molecule has 1 spiro atoms. The minimum Gasteiger partial charge on any atom is -0.504 e. The molecule has 5 heteroatoms. The van der Waals surface area contributed by atoms with E-state index < -0.39 is 17.1 Å². The van der Waals surface area contributed by atoms with Crippen molar-refractivity contribution in [2.75, 3.05) is 13.1 Å². The zero-order valence-electron chi connectivity index (χ0n) is 18.9. The van der Waals surface area contributed by atoms with E-state index in [2.05, 4.69) is 4.90 Å². The van der Waals surface area contributed by atoms with Gasteiger partial charge < -0.3 is 14.9 Å². The van der Waals surface area contributed by atoms with Crippen LogP contribution < -0.4 is 4.74 Å². The van der Waals surface area contributed by atoms with Crippen molar-refractivity contribution in [3.8, 4) is 11.5 Å². The van der Waals surface area contributed by atoms with Gasteiger partial charge >= 0.3 is 0 Å². The van der Waals surface area contributed by atoms with Crippen molar-refractivity contribution in [3.63, 3.8) is 0 Å². The molecule has 3 aliphatic carbocycles. The summed E-state index contributed by atoms with van der Waals surface area (Å²) < 4.78 is 6.28. The largest absolute Gasteiger partial charge is 0.504 e. The van der Waals surface area contributed by atoms with Crippen molar-refractivity contribution < 1.29 is 19.7 Å². The highest BCUT2D eigenvalue weighted by atomic mass is 16.5. The summed E-state index contributed by atoms with van der Waals surface area (Å²) in [6.45, 7) is 3.91. The molecule has 33 heavy (non-hydrogen) atoms. The normalized spacial score (nSPS) is 35.5. The number of aromatic hydroxyl groups is 1. The first-order chi connectivity index (χ1) is 15.9. The molecule has 0 amide bonds. The molecule has 2 aromatic rings. The minimum atomic E-state index is -1.11. The molecule has 5 nitrogen and oxygen atoms in total. The number of piperidine rings is 1. The Morgan fingerprint density at radius 2 is 1.97 bits per heavy atom. The summed E-state index contributed by atoms with van der Waals surface area (Å²) in [7, 11) is 0. The maximum Gasteiger partial charge on any atom is 0.200 e. The second-order valence-electron chi connectivity index (χ2n) is 10.9. The van der Waals surface area contributed by atoms with E-state index in [4.69, 9.17) is 4.74 Å². The highest BCUT2D eigenvalue weighted by Crippen LogP contribution is 2.65. The van der Waals surface area contributed by atoms with Crippen LogP contribution in [0.25, 0.3) is 6.08 Å². The van der Waals surface area contributed by atoms with Gasteiger partial charge in [0.15, 0.2) is 23.4 Å². The molecule has 7 rings (SSSR count). The molecule has 4 atom stereocenters. The number of ether oxygens (including phenoxy) is 1. The number of nitrogens with zero attached hydrogens (tertiary/aromatic N) is 1. The fourth-order valence-electron chi connectivity index (χ4n) is 7.17. The monoisotopic (exact) mass is 443 g/mol. The van der Waals surface area contributed by atoms with Gasteiger partial charge in [-0.25, -0.2) is 0 Å². The van der Waals surface area contributed by atoms with Crippen LogP contribution in [0.1, 0.15) is 47.9 Å². The summed E-state index contributed by atoms with van der Waals surface area (Å²) in [5.74, 6) is 1.14. The Bertz CT molecular complexity index is 1210. The summed E-state index contributed by atoms with van der Waals surface area (Å²) in [6.07, 6.45) is 5.38. The van der Waals surface area contributed by atoms with E-state index >= 15 is 0 Å². The first kappa shape index (κ1) is 19.8. The number of ketones is 1. The van der Waals surface area contributed by atoms with Gasteiger partial charge in [0.25, 0.3) is 0 Å². The second-order valence-corrected chi connectivity index (χ2v) is 10.9. The molecule has 1 saturated heterocycles. The lowest BCUT2D eigenvalue weighted by Gasteiger charge is -2.62. The lowest BCUT2D eigenvalue weighted by molar-refractivity contribution is -0.179. The number of aryl methyl sites for hydroxylation is 1. The minimum absolute atomic E-state index is 0.0573. The summed E-state index contributed by atoms with van der Waals surface area (Å²) in [5.41, 5.74) is 2.84. The Kier molecular flexibility index (Phi) is 3.89. The number of hydrogen-bond donors (Lipinski definition) is 2. The van der Waals surface area contributed by atoms with Crippen molar-refractivity contribution in [2.24, 2.45) is 5.92 Å². The number of benzene rings is 2. The fraction of sp³-hybridized carbons (Fsp3) is 0.464. The topological polar surface area (TPSA) is 70.0 Å². The SMILES string of the molecule is Cc1ccc(/C=C2\C[C@@]3(O)[C@H]4Cc5ccc(O)c6c5[C@@]3(CCN4CC3CC3)[C@@H](O6)C2=O)cc1. The van der Waals surface area contributed by atoms with E-state index in [1.54, 1.807) is 6.07 Å². The smallest absolute Gasteiger partial charge is 0.200 e. The van der Waals surface area contributed by atoms with Crippen LogP contribution in [0.3, 0.4) is 0 Å². The molecule has 2 bridgehead atoms. The van der Waals surface area contributed by atoms with E-state index in [-0.39, 0.29) is 17.6 Å². The molecule has 0 aromatic heterocycles. The van der Waals surface area contributed by atoms with E-state index in [1.165, 1.54) is 18.4 Å². The first-order valence-corrected chi connectivity index (χ1v) is 12.2. The average Bonchev–Trinajstić information content (AvgIpc) is 3.53.